The van der Waals surface area contributed by atoms with Gasteiger partial charge in [0.15, 0.2) is 0 Å². The average molecular weight is 320 g/mol. The lowest BCUT2D eigenvalue weighted by molar-refractivity contribution is 0.622. The molecule has 0 aliphatic heterocycles. The molecular formula is C20H24N4. The van der Waals surface area contributed by atoms with Crippen LogP contribution in [0.1, 0.15) is 45.1 Å². The van der Waals surface area contributed by atoms with E-state index in [2.05, 4.69) is 65.4 Å². The number of benzene rings is 1. The summed E-state index contributed by atoms with van der Waals surface area (Å²) in [5.41, 5.74) is 3.07. The number of hydrogen-bond acceptors (Lipinski definition) is 3. The predicted octanol–water partition coefficient (Wildman–Crippen LogP) is 4.40. The smallest absolute Gasteiger partial charge is 0.125 e. The highest BCUT2D eigenvalue weighted by atomic mass is 15.3. The Morgan fingerprint density at radius 3 is 2.92 bits per heavy atom. The number of nitrogens with zero attached hydrogens (tertiary/aromatic N) is 3. The summed E-state index contributed by atoms with van der Waals surface area (Å²) in [6.07, 6.45) is 12.1. The van der Waals surface area contributed by atoms with E-state index in [0.717, 1.165) is 48.8 Å². The SMILES string of the molecule is CC/C=C/C(=CNC1(C#N)CC1)c1ccc2c(cnn2CCC)c1. The van der Waals surface area contributed by atoms with Gasteiger partial charge in [-0.2, -0.15) is 10.4 Å². The molecule has 0 bridgehead atoms. The zero-order valence-electron chi connectivity index (χ0n) is 14.4. The molecule has 24 heavy (non-hydrogen) atoms. The van der Waals surface area contributed by atoms with E-state index in [-0.39, 0.29) is 5.54 Å². The van der Waals surface area contributed by atoms with Crippen molar-refractivity contribution in [2.24, 2.45) is 0 Å². The maximum absolute atomic E-state index is 9.24. The Balaban J connectivity index is 1.92. The molecule has 1 saturated carbocycles. The second-order valence-corrected chi connectivity index (χ2v) is 6.39. The zero-order valence-corrected chi connectivity index (χ0v) is 14.4. The molecule has 1 N–H and O–H groups in total. The first-order valence-corrected chi connectivity index (χ1v) is 8.73. The fourth-order valence-corrected chi connectivity index (χ4v) is 2.76. The van der Waals surface area contributed by atoms with Gasteiger partial charge in [-0.15, -0.1) is 0 Å². The Morgan fingerprint density at radius 2 is 2.25 bits per heavy atom. The number of fused-ring (bicyclic) bond motifs is 1. The third-order valence-electron chi connectivity index (χ3n) is 4.41. The minimum Gasteiger partial charge on any atom is -0.373 e. The maximum Gasteiger partial charge on any atom is 0.125 e. The molecule has 124 valence electrons. The van der Waals surface area contributed by atoms with Crippen molar-refractivity contribution in [2.45, 2.75) is 51.6 Å². The highest BCUT2D eigenvalue weighted by Gasteiger charge is 2.42. The topological polar surface area (TPSA) is 53.6 Å². The van der Waals surface area contributed by atoms with Crippen LogP contribution < -0.4 is 5.32 Å². The Kier molecular flexibility index (Phi) is 4.71. The molecule has 0 amide bonds. The third-order valence-corrected chi connectivity index (χ3v) is 4.41. The van der Waals surface area contributed by atoms with Gasteiger partial charge < -0.3 is 5.32 Å². The van der Waals surface area contributed by atoms with Gasteiger partial charge in [0, 0.05) is 18.1 Å². The second kappa shape index (κ2) is 6.92. The number of aromatic nitrogens is 2. The molecule has 1 aromatic carbocycles. The van der Waals surface area contributed by atoms with Crippen molar-refractivity contribution < 1.29 is 0 Å². The molecular weight excluding hydrogens is 296 g/mol. The van der Waals surface area contributed by atoms with Gasteiger partial charge in [-0.05, 0) is 49.0 Å². The van der Waals surface area contributed by atoms with Crippen LogP contribution in [0.4, 0.5) is 0 Å². The lowest BCUT2D eigenvalue weighted by Gasteiger charge is -2.09. The largest absolute Gasteiger partial charge is 0.373 e. The first-order valence-electron chi connectivity index (χ1n) is 8.73. The van der Waals surface area contributed by atoms with Crippen molar-refractivity contribution in [3.8, 4) is 6.07 Å². The van der Waals surface area contributed by atoms with Gasteiger partial charge in [-0.25, -0.2) is 0 Å². The Labute approximate surface area is 143 Å². The van der Waals surface area contributed by atoms with E-state index >= 15 is 0 Å². The Bertz CT molecular complexity index is 816. The Hall–Kier alpha value is -2.54. The number of nitrogens with one attached hydrogen (secondary N) is 1. The van der Waals surface area contributed by atoms with Gasteiger partial charge in [-0.3, -0.25) is 4.68 Å². The molecule has 1 fully saturated rings. The lowest BCUT2D eigenvalue weighted by atomic mass is 10.0. The monoisotopic (exact) mass is 320 g/mol. The number of nitriles is 1. The minimum absolute atomic E-state index is 0.346. The van der Waals surface area contributed by atoms with Crippen LogP contribution in [0.5, 0.6) is 0 Å². The molecule has 3 rings (SSSR count). The van der Waals surface area contributed by atoms with E-state index in [1.165, 1.54) is 5.52 Å². The molecule has 1 aromatic heterocycles. The molecule has 0 saturated heterocycles. The molecule has 0 spiro atoms. The molecule has 4 heteroatoms. The number of rotatable bonds is 7. The lowest BCUT2D eigenvalue weighted by Crippen LogP contribution is -2.24. The highest BCUT2D eigenvalue weighted by molar-refractivity contribution is 5.85. The normalized spacial score (nSPS) is 16.5. The van der Waals surface area contributed by atoms with Crippen molar-refractivity contribution in [2.75, 3.05) is 0 Å². The summed E-state index contributed by atoms with van der Waals surface area (Å²) < 4.78 is 2.05. The fourth-order valence-electron chi connectivity index (χ4n) is 2.76. The first kappa shape index (κ1) is 16.3. The van der Waals surface area contributed by atoms with E-state index in [1.807, 2.05) is 12.4 Å². The summed E-state index contributed by atoms with van der Waals surface area (Å²) >= 11 is 0. The van der Waals surface area contributed by atoms with Gasteiger partial charge in [0.2, 0.25) is 0 Å². The van der Waals surface area contributed by atoms with Crippen LogP contribution in [0.25, 0.3) is 16.5 Å². The standard InChI is InChI=1S/C20H24N4/c1-3-5-6-17(13-22-20(15-21)9-10-20)16-7-8-19-18(12-16)14-23-24(19)11-4-2/h5-8,12-14,22H,3-4,9-11H2,1-2H3/b6-5+,17-13?. The summed E-state index contributed by atoms with van der Waals surface area (Å²) in [5.74, 6) is 0. The zero-order chi connectivity index (χ0) is 17.0. The van der Waals surface area contributed by atoms with Crippen LogP contribution in [-0.2, 0) is 6.54 Å². The molecule has 1 aliphatic carbocycles. The van der Waals surface area contributed by atoms with Gasteiger partial charge in [0.1, 0.15) is 5.54 Å². The van der Waals surface area contributed by atoms with Crippen molar-refractivity contribution >= 4 is 16.5 Å². The van der Waals surface area contributed by atoms with Crippen molar-refractivity contribution in [1.29, 1.82) is 5.26 Å². The summed E-state index contributed by atoms with van der Waals surface area (Å²) in [6.45, 7) is 5.22. The molecule has 1 aliphatic rings. The summed E-state index contributed by atoms with van der Waals surface area (Å²) in [5, 5.41) is 18.2. The summed E-state index contributed by atoms with van der Waals surface area (Å²) in [4.78, 5) is 0. The fraction of sp³-hybridized carbons (Fsp3) is 0.400. The van der Waals surface area contributed by atoms with Crippen molar-refractivity contribution in [3.63, 3.8) is 0 Å². The molecule has 0 atom stereocenters. The number of hydrogen-bond donors (Lipinski definition) is 1. The highest BCUT2D eigenvalue weighted by Crippen LogP contribution is 2.35. The number of aryl methyl sites for hydroxylation is 1. The van der Waals surface area contributed by atoms with E-state index in [1.54, 1.807) is 0 Å². The van der Waals surface area contributed by atoms with Crippen LogP contribution in [0.15, 0.2) is 42.7 Å². The van der Waals surface area contributed by atoms with Crippen molar-refractivity contribution in [1.82, 2.24) is 15.1 Å². The second-order valence-electron chi connectivity index (χ2n) is 6.39. The van der Waals surface area contributed by atoms with Gasteiger partial charge in [-0.1, -0.05) is 32.1 Å². The van der Waals surface area contributed by atoms with Crippen LogP contribution >= 0.6 is 0 Å². The van der Waals surface area contributed by atoms with E-state index in [0.29, 0.717) is 0 Å². The van der Waals surface area contributed by atoms with Crippen LogP contribution in [0, 0.1) is 11.3 Å². The van der Waals surface area contributed by atoms with Crippen LogP contribution in [0.2, 0.25) is 0 Å². The molecule has 0 unspecified atom stereocenters. The van der Waals surface area contributed by atoms with E-state index in [4.69, 9.17) is 0 Å². The third kappa shape index (κ3) is 3.35. The molecule has 1 heterocycles. The molecule has 2 aromatic rings. The summed E-state index contributed by atoms with van der Waals surface area (Å²) in [7, 11) is 0. The van der Waals surface area contributed by atoms with E-state index in [9.17, 15) is 5.26 Å². The number of allylic oxidation sites excluding steroid dienone is 3. The van der Waals surface area contributed by atoms with Gasteiger partial charge >= 0.3 is 0 Å². The quantitative estimate of drug-likeness (QED) is 0.769. The molecule has 0 radical (unpaired) electrons. The molecule has 4 nitrogen and oxygen atoms in total. The minimum atomic E-state index is -0.346. The average Bonchev–Trinajstić information content (AvgIpc) is 3.29. The Morgan fingerprint density at radius 1 is 1.42 bits per heavy atom. The van der Waals surface area contributed by atoms with Gasteiger partial charge in [0.25, 0.3) is 0 Å². The summed E-state index contributed by atoms with van der Waals surface area (Å²) in [6, 6.07) is 8.82. The van der Waals surface area contributed by atoms with Crippen LogP contribution in [-0.4, -0.2) is 15.3 Å². The first-order chi connectivity index (χ1) is 11.7. The predicted molar refractivity (Wildman–Crippen MR) is 98.1 cm³/mol. The van der Waals surface area contributed by atoms with Gasteiger partial charge in [0.05, 0.1) is 17.8 Å². The van der Waals surface area contributed by atoms with E-state index < -0.39 is 0 Å². The maximum atomic E-state index is 9.24. The van der Waals surface area contributed by atoms with Crippen LogP contribution in [0.3, 0.4) is 0 Å². The van der Waals surface area contributed by atoms with Crippen molar-refractivity contribution in [3.05, 3.63) is 48.3 Å².